The Labute approximate surface area is 203 Å². The maximum absolute atomic E-state index is 13.1. The summed E-state index contributed by atoms with van der Waals surface area (Å²) in [7, 11) is 0. The lowest BCUT2D eigenvalue weighted by Crippen LogP contribution is -2.51. The van der Waals surface area contributed by atoms with E-state index in [2.05, 4.69) is 5.32 Å². The molecular formula is C25H40N2O7. The summed E-state index contributed by atoms with van der Waals surface area (Å²) in [4.78, 5) is 27.0. The van der Waals surface area contributed by atoms with Crippen molar-refractivity contribution in [3.05, 3.63) is 35.9 Å². The van der Waals surface area contributed by atoms with Crippen molar-refractivity contribution < 1.29 is 33.3 Å². The van der Waals surface area contributed by atoms with Crippen molar-refractivity contribution in [1.29, 1.82) is 0 Å². The van der Waals surface area contributed by atoms with Crippen molar-refractivity contribution in [3.8, 4) is 0 Å². The monoisotopic (exact) mass is 480 g/mol. The van der Waals surface area contributed by atoms with Crippen LogP contribution in [0.25, 0.3) is 0 Å². The van der Waals surface area contributed by atoms with Crippen LogP contribution in [0.2, 0.25) is 0 Å². The molecule has 0 bridgehead atoms. The highest BCUT2D eigenvalue weighted by atomic mass is 16.7. The minimum atomic E-state index is -0.932. The van der Waals surface area contributed by atoms with Gasteiger partial charge in [-0.15, -0.1) is 0 Å². The normalized spacial score (nSPS) is 20.6. The van der Waals surface area contributed by atoms with Gasteiger partial charge in [-0.1, -0.05) is 30.3 Å². The first-order chi connectivity index (χ1) is 15.9. The zero-order valence-corrected chi connectivity index (χ0v) is 21.5. The zero-order valence-electron chi connectivity index (χ0n) is 21.5. The first-order valence-electron chi connectivity index (χ1n) is 11.8. The average molecular weight is 481 g/mol. The number of carbonyl (C=O) groups excluding carboxylic acids is 2. The number of hydrogen-bond donors (Lipinski definition) is 1. The Morgan fingerprint density at radius 1 is 1.18 bits per heavy atom. The highest BCUT2D eigenvalue weighted by Crippen LogP contribution is 2.35. The van der Waals surface area contributed by atoms with Crippen LogP contribution in [-0.4, -0.2) is 66.6 Å². The Balaban J connectivity index is 2.04. The fourth-order valence-corrected chi connectivity index (χ4v) is 3.83. The minimum Gasteiger partial charge on any atom is -0.445 e. The molecule has 0 aliphatic carbocycles. The van der Waals surface area contributed by atoms with Gasteiger partial charge in [-0.2, -0.15) is 0 Å². The molecule has 3 unspecified atom stereocenters. The van der Waals surface area contributed by atoms with Crippen LogP contribution in [0, 0.1) is 0 Å². The molecule has 1 fully saturated rings. The second-order valence-corrected chi connectivity index (χ2v) is 9.65. The maximum atomic E-state index is 13.1. The van der Waals surface area contributed by atoms with Crippen LogP contribution >= 0.6 is 0 Å². The van der Waals surface area contributed by atoms with E-state index in [1.165, 1.54) is 0 Å². The van der Waals surface area contributed by atoms with Crippen LogP contribution in [0.4, 0.5) is 9.59 Å². The quantitative estimate of drug-likeness (QED) is 0.495. The lowest BCUT2D eigenvalue weighted by molar-refractivity contribution is -0.129. The van der Waals surface area contributed by atoms with Gasteiger partial charge in [0.25, 0.3) is 0 Å². The van der Waals surface area contributed by atoms with E-state index in [-0.39, 0.29) is 25.5 Å². The zero-order chi connectivity index (χ0) is 25.4. The van der Waals surface area contributed by atoms with E-state index in [9.17, 15) is 9.59 Å². The molecule has 9 heteroatoms. The van der Waals surface area contributed by atoms with Gasteiger partial charge in [0.2, 0.25) is 0 Å². The SMILES string of the molecule is CCOC(C)OCCC1C(CNC(=O)OCc2ccccc2)OC(C)(C)N1C(=O)OC(C)(C)C. The third kappa shape index (κ3) is 8.77. The van der Waals surface area contributed by atoms with E-state index >= 15 is 0 Å². The standard InChI is InChI=1S/C25H40N2O7/c1-8-30-18(2)31-15-14-20-21(16-26-22(28)32-17-19-12-10-9-11-13-19)33-25(6,7)27(20)23(29)34-24(3,4)5/h9-13,18,20-21H,8,14-17H2,1-7H3,(H,26,28). The molecule has 1 aromatic rings. The molecule has 1 N–H and O–H groups in total. The lowest BCUT2D eigenvalue weighted by atomic mass is 10.1. The van der Waals surface area contributed by atoms with E-state index in [4.69, 9.17) is 23.7 Å². The smallest absolute Gasteiger partial charge is 0.412 e. The lowest BCUT2D eigenvalue weighted by Gasteiger charge is -2.35. The number of nitrogens with zero attached hydrogens (tertiary/aromatic N) is 1. The number of amides is 2. The molecule has 0 spiro atoms. The number of rotatable bonds is 10. The van der Waals surface area contributed by atoms with Gasteiger partial charge in [-0.25, -0.2) is 9.59 Å². The van der Waals surface area contributed by atoms with Crippen LogP contribution in [0.1, 0.15) is 60.5 Å². The molecule has 9 nitrogen and oxygen atoms in total. The summed E-state index contributed by atoms with van der Waals surface area (Å²) in [6, 6.07) is 9.05. The molecule has 1 aliphatic rings. The van der Waals surface area contributed by atoms with Gasteiger partial charge < -0.3 is 29.0 Å². The number of hydrogen-bond acceptors (Lipinski definition) is 7. The van der Waals surface area contributed by atoms with Gasteiger partial charge in [0, 0.05) is 13.2 Å². The van der Waals surface area contributed by atoms with Crippen LogP contribution in [-0.2, 0) is 30.3 Å². The van der Waals surface area contributed by atoms with Gasteiger partial charge in [-0.05, 0) is 60.5 Å². The third-order valence-electron chi connectivity index (χ3n) is 5.20. The first-order valence-corrected chi connectivity index (χ1v) is 11.8. The summed E-state index contributed by atoms with van der Waals surface area (Å²) in [6.45, 7) is 14.0. The predicted molar refractivity (Wildman–Crippen MR) is 127 cm³/mol. The predicted octanol–water partition coefficient (Wildman–Crippen LogP) is 4.44. The number of nitrogens with one attached hydrogen (secondary N) is 1. The Morgan fingerprint density at radius 2 is 1.85 bits per heavy atom. The van der Waals surface area contributed by atoms with Crippen LogP contribution in [0.15, 0.2) is 30.3 Å². The Bertz CT molecular complexity index is 779. The number of alkyl carbamates (subject to hydrolysis) is 1. The number of carbonyl (C=O) groups is 2. The number of benzene rings is 1. The fraction of sp³-hybridized carbons (Fsp3) is 0.680. The summed E-state index contributed by atoms with van der Waals surface area (Å²) in [6.07, 6.45) is -1.39. The average Bonchev–Trinajstić information content (AvgIpc) is 3.00. The van der Waals surface area contributed by atoms with Crippen LogP contribution in [0.3, 0.4) is 0 Å². The Kier molecular flexibility index (Phi) is 10.1. The van der Waals surface area contributed by atoms with Crippen molar-refractivity contribution in [2.75, 3.05) is 19.8 Å². The van der Waals surface area contributed by atoms with Crippen molar-refractivity contribution >= 4 is 12.2 Å². The summed E-state index contributed by atoms with van der Waals surface area (Å²) in [5, 5.41) is 2.76. The largest absolute Gasteiger partial charge is 0.445 e. The molecule has 2 amide bonds. The Morgan fingerprint density at radius 3 is 2.47 bits per heavy atom. The second kappa shape index (κ2) is 12.4. The van der Waals surface area contributed by atoms with E-state index in [1.54, 1.807) is 18.7 Å². The maximum Gasteiger partial charge on any atom is 0.412 e. The van der Waals surface area contributed by atoms with Crippen molar-refractivity contribution in [2.24, 2.45) is 0 Å². The molecular weight excluding hydrogens is 440 g/mol. The van der Waals surface area contributed by atoms with Gasteiger partial charge in [-0.3, -0.25) is 4.90 Å². The summed E-state index contributed by atoms with van der Waals surface area (Å²) in [5.74, 6) is 0. The third-order valence-corrected chi connectivity index (χ3v) is 5.20. The molecule has 2 rings (SSSR count). The molecule has 1 aromatic carbocycles. The van der Waals surface area contributed by atoms with Crippen molar-refractivity contribution in [1.82, 2.24) is 10.2 Å². The van der Waals surface area contributed by atoms with Gasteiger partial charge in [0.1, 0.15) is 17.9 Å². The van der Waals surface area contributed by atoms with Crippen LogP contribution in [0.5, 0.6) is 0 Å². The van der Waals surface area contributed by atoms with Crippen molar-refractivity contribution in [3.63, 3.8) is 0 Å². The fourth-order valence-electron chi connectivity index (χ4n) is 3.83. The summed E-state index contributed by atoms with van der Waals surface area (Å²) >= 11 is 0. The molecule has 34 heavy (non-hydrogen) atoms. The molecule has 0 radical (unpaired) electrons. The topological polar surface area (TPSA) is 95.6 Å². The number of ether oxygens (including phenoxy) is 5. The summed E-state index contributed by atoms with van der Waals surface area (Å²) in [5.41, 5.74) is -0.695. The van der Waals surface area contributed by atoms with Gasteiger partial charge in [0.05, 0.1) is 18.8 Å². The first kappa shape index (κ1) is 27.9. The van der Waals surface area contributed by atoms with Crippen LogP contribution < -0.4 is 5.32 Å². The second-order valence-electron chi connectivity index (χ2n) is 9.65. The molecule has 3 atom stereocenters. The van der Waals surface area contributed by atoms with E-state index in [0.29, 0.717) is 19.6 Å². The van der Waals surface area contributed by atoms with Gasteiger partial charge >= 0.3 is 12.2 Å². The van der Waals surface area contributed by atoms with E-state index in [1.807, 2.05) is 65.0 Å². The molecule has 192 valence electrons. The minimum absolute atomic E-state index is 0.167. The molecule has 1 aliphatic heterocycles. The summed E-state index contributed by atoms with van der Waals surface area (Å²) < 4.78 is 28.3. The molecule has 1 heterocycles. The van der Waals surface area contributed by atoms with Gasteiger partial charge in [0.15, 0.2) is 6.29 Å². The molecule has 0 saturated carbocycles. The Hall–Kier alpha value is -2.36. The van der Waals surface area contributed by atoms with E-state index < -0.39 is 29.6 Å². The van der Waals surface area contributed by atoms with E-state index in [0.717, 1.165) is 5.56 Å². The molecule has 1 saturated heterocycles. The van der Waals surface area contributed by atoms with Crippen molar-refractivity contribution in [2.45, 2.75) is 91.3 Å². The molecule has 0 aromatic heterocycles. The highest BCUT2D eigenvalue weighted by molar-refractivity contribution is 5.70. The highest BCUT2D eigenvalue weighted by Gasteiger charge is 2.51.